The van der Waals surface area contributed by atoms with Crippen LogP contribution in [0.4, 0.5) is 0 Å². The summed E-state index contributed by atoms with van der Waals surface area (Å²) in [7, 11) is -0.409. The van der Waals surface area contributed by atoms with Crippen LogP contribution >= 0.6 is 7.92 Å². The Morgan fingerprint density at radius 2 is 1.24 bits per heavy atom. The Balaban J connectivity index is 1.90. The van der Waals surface area contributed by atoms with E-state index in [9.17, 15) is 0 Å². The van der Waals surface area contributed by atoms with Crippen molar-refractivity contribution in [2.45, 2.75) is 38.8 Å². The third-order valence-corrected chi connectivity index (χ3v) is 7.52. The summed E-state index contributed by atoms with van der Waals surface area (Å²) in [5.74, 6) is 0. The molecule has 0 spiro atoms. The van der Waals surface area contributed by atoms with E-state index < -0.39 is 7.92 Å². The number of hydrogen-bond acceptors (Lipinski definition) is 0. The highest BCUT2D eigenvalue weighted by atomic mass is 31.1. The summed E-state index contributed by atoms with van der Waals surface area (Å²) in [6.45, 7) is 4.64. The maximum Gasteiger partial charge on any atom is 0.00936 e. The van der Waals surface area contributed by atoms with Gasteiger partial charge in [-0.1, -0.05) is 105 Å². The summed E-state index contributed by atoms with van der Waals surface area (Å²) in [6.07, 6.45) is 3.72. The number of hydrogen-bond donors (Lipinski definition) is 0. The minimum atomic E-state index is -0.409. The number of aryl methyl sites for hydroxylation is 1. The minimum Gasteiger partial charge on any atom is -0.0654 e. The predicted molar refractivity (Wildman–Crippen MR) is 113 cm³/mol. The molecule has 0 fully saturated rings. The Morgan fingerprint density at radius 3 is 1.72 bits per heavy atom. The zero-order valence-electron chi connectivity index (χ0n) is 15.2. The van der Waals surface area contributed by atoms with Crippen LogP contribution in [0.5, 0.6) is 0 Å². The van der Waals surface area contributed by atoms with Crippen LogP contribution in [-0.2, 0) is 6.42 Å². The van der Waals surface area contributed by atoms with E-state index in [-0.39, 0.29) is 0 Å². The third-order valence-electron chi connectivity index (χ3n) is 4.74. The van der Waals surface area contributed by atoms with Gasteiger partial charge in [0.25, 0.3) is 0 Å². The van der Waals surface area contributed by atoms with Gasteiger partial charge in [-0.05, 0) is 42.5 Å². The van der Waals surface area contributed by atoms with Crippen LogP contribution < -0.4 is 10.6 Å². The van der Waals surface area contributed by atoms with Crippen LogP contribution in [0.15, 0.2) is 84.9 Å². The first kappa shape index (κ1) is 17.9. The Hall–Kier alpha value is -1.91. The maximum absolute atomic E-state index is 2.38. The average molecular weight is 346 g/mol. The van der Waals surface area contributed by atoms with Crippen molar-refractivity contribution in [3.63, 3.8) is 0 Å². The van der Waals surface area contributed by atoms with Gasteiger partial charge in [0.2, 0.25) is 0 Å². The molecule has 3 aromatic carbocycles. The SMILES string of the molecule is CCCCc1ccc([C@H](C)P(c2ccccc2)c2ccccc2)cc1. The van der Waals surface area contributed by atoms with Gasteiger partial charge < -0.3 is 0 Å². The summed E-state index contributed by atoms with van der Waals surface area (Å²) in [5.41, 5.74) is 3.40. The first-order valence-corrected chi connectivity index (χ1v) is 10.7. The molecule has 1 heteroatoms. The molecule has 0 saturated heterocycles. The molecule has 0 unspecified atom stereocenters. The van der Waals surface area contributed by atoms with E-state index in [4.69, 9.17) is 0 Å². The molecule has 0 aliphatic heterocycles. The van der Waals surface area contributed by atoms with Gasteiger partial charge in [0, 0.05) is 5.66 Å². The molecule has 3 rings (SSSR count). The van der Waals surface area contributed by atoms with E-state index in [0.717, 1.165) is 0 Å². The number of benzene rings is 3. The second kappa shape index (κ2) is 8.97. The quantitative estimate of drug-likeness (QED) is 0.445. The molecular weight excluding hydrogens is 319 g/mol. The van der Waals surface area contributed by atoms with Crippen molar-refractivity contribution in [3.8, 4) is 0 Å². The van der Waals surface area contributed by atoms with Crippen LogP contribution in [0.3, 0.4) is 0 Å². The van der Waals surface area contributed by atoms with Crippen molar-refractivity contribution in [3.05, 3.63) is 96.1 Å². The Kier molecular flexibility index (Phi) is 6.42. The highest BCUT2D eigenvalue weighted by Gasteiger charge is 2.22. The Bertz CT molecular complexity index is 708. The summed E-state index contributed by atoms with van der Waals surface area (Å²) in [5, 5.41) is 2.90. The average Bonchev–Trinajstić information content (AvgIpc) is 2.68. The van der Waals surface area contributed by atoms with Gasteiger partial charge in [-0.25, -0.2) is 0 Å². The van der Waals surface area contributed by atoms with Crippen molar-refractivity contribution in [2.75, 3.05) is 0 Å². The molecule has 0 aromatic heterocycles. The highest BCUT2D eigenvalue weighted by molar-refractivity contribution is 7.73. The zero-order valence-corrected chi connectivity index (χ0v) is 16.1. The lowest BCUT2D eigenvalue weighted by Gasteiger charge is -2.26. The van der Waals surface area contributed by atoms with Crippen LogP contribution in [0.1, 0.15) is 43.5 Å². The molecule has 0 heterocycles. The standard InChI is InChI=1S/C24H27P/c1-3-4-11-21-16-18-22(19-17-21)20(2)25(23-12-7-5-8-13-23)24-14-9-6-10-15-24/h5-10,12-20H,3-4,11H2,1-2H3/t20-/m0/s1. The molecule has 3 aromatic rings. The van der Waals surface area contributed by atoms with Crippen LogP contribution in [0.2, 0.25) is 0 Å². The fourth-order valence-corrected chi connectivity index (χ4v) is 5.92. The normalized spacial score (nSPS) is 12.3. The Morgan fingerprint density at radius 1 is 0.720 bits per heavy atom. The van der Waals surface area contributed by atoms with Crippen LogP contribution in [0.25, 0.3) is 0 Å². The molecule has 0 amide bonds. The third kappa shape index (κ3) is 4.59. The molecule has 25 heavy (non-hydrogen) atoms. The fourth-order valence-electron chi connectivity index (χ4n) is 3.27. The lowest BCUT2D eigenvalue weighted by molar-refractivity contribution is 0.794. The second-order valence-electron chi connectivity index (χ2n) is 6.56. The molecule has 0 aliphatic rings. The smallest absolute Gasteiger partial charge is 0.00936 e. The summed E-state index contributed by atoms with van der Waals surface area (Å²) in [4.78, 5) is 0. The first-order valence-electron chi connectivity index (χ1n) is 9.27. The van der Waals surface area contributed by atoms with E-state index in [1.165, 1.54) is 41.0 Å². The minimum absolute atomic E-state index is 0.409. The maximum atomic E-state index is 2.38. The summed E-state index contributed by atoms with van der Waals surface area (Å²) < 4.78 is 0. The van der Waals surface area contributed by atoms with Crippen molar-refractivity contribution in [2.24, 2.45) is 0 Å². The largest absolute Gasteiger partial charge is 0.0654 e. The van der Waals surface area contributed by atoms with Gasteiger partial charge in [-0.3, -0.25) is 0 Å². The monoisotopic (exact) mass is 346 g/mol. The first-order chi connectivity index (χ1) is 12.3. The number of rotatable bonds is 7. The molecule has 0 aliphatic carbocycles. The Labute approximate surface area is 153 Å². The van der Waals surface area contributed by atoms with Gasteiger partial charge in [0.05, 0.1) is 0 Å². The molecule has 0 radical (unpaired) electrons. The van der Waals surface area contributed by atoms with Gasteiger partial charge in [0.15, 0.2) is 0 Å². The van der Waals surface area contributed by atoms with Gasteiger partial charge in [-0.15, -0.1) is 0 Å². The van der Waals surface area contributed by atoms with Gasteiger partial charge in [0.1, 0.15) is 0 Å². The van der Waals surface area contributed by atoms with E-state index in [2.05, 4.69) is 98.8 Å². The van der Waals surface area contributed by atoms with E-state index >= 15 is 0 Å². The fraction of sp³-hybridized carbons (Fsp3) is 0.250. The van der Waals surface area contributed by atoms with E-state index in [1.807, 2.05) is 0 Å². The topological polar surface area (TPSA) is 0 Å². The predicted octanol–water partition coefficient (Wildman–Crippen LogP) is 6.22. The van der Waals surface area contributed by atoms with Crippen LogP contribution in [0, 0.1) is 0 Å². The van der Waals surface area contributed by atoms with Crippen molar-refractivity contribution in [1.82, 2.24) is 0 Å². The molecule has 0 N–H and O–H groups in total. The van der Waals surface area contributed by atoms with Crippen LogP contribution in [-0.4, -0.2) is 0 Å². The van der Waals surface area contributed by atoms with E-state index in [0.29, 0.717) is 5.66 Å². The lowest BCUT2D eigenvalue weighted by atomic mass is 10.1. The number of unbranched alkanes of at least 4 members (excludes halogenated alkanes) is 1. The van der Waals surface area contributed by atoms with Crippen molar-refractivity contribution < 1.29 is 0 Å². The molecule has 1 atom stereocenters. The summed E-state index contributed by atoms with van der Waals surface area (Å²) >= 11 is 0. The van der Waals surface area contributed by atoms with Gasteiger partial charge >= 0.3 is 0 Å². The molecule has 0 nitrogen and oxygen atoms in total. The lowest BCUT2D eigenvalue weighted by Crippen LogP contribution is -2.15. The molecule has 128 valence electrons. The summed E-state index contributed by atoms with van der Waals surface area (Å²) in [6, 6.07) is 31.3. The second-order valence-corrected chi connectivity index (χ2v) is 9.11. The van der Waals surface area contributed by atoms with Gasteiger partial charge in [-0.2, -0.15) is 0 Å². The molecule has 0 bridgehead atoms. The van der Waals surface area contributed by atoms with E-state index in [1.54, 1.807) is 0 Å². The molecule has 0 saturated carbocycles. The van der Waals surface area contributed by atoms with Crippen molar-refractivity contribution >= 4 is 18.5 Å². The highest BCUT2D eigenvalue weighted by Crippen LogP contribution is 2.49. The van der Waals surface area contributed by atoms with Crippen molar-refractivity contribution in [1.29, 1.82) is 0 Å². The molecular formula is C24H27P. The zero-order chi connectivity index (χ0) is 17.5.